The van der Waals surface area contributed by atoms with E-state index in [9.17, 15) is 4.79 Å². The first-order valence-corrected chi connectivity index (χ1v) is 6.43. The third-order valence-corrected chi connectivity index (χ3v) is 3.06. The molecule has 0 unspecified atom stereocenters. The van der Waals surface area contributed by atoms with Crippen LogP contribution in [-0.4, -0.2) is 56.8 Å². The number of para-hydroxylation sites is 2. The number of amides is 1. The van der Waals surface area contributed by atoms with Gasteiger partial charge in [-0.3, -0.25) is 4.79 Å². The summed E-state index contributed by atoms with van der Waals surface area (Å²) in [5.74, 6) is 0.608. The van der Waals surface area contributed by atoms with Crippen LogP contribution in [0, 0.1) is 0 Å². The molecule has 0 aliphatic carbocycles. The monoisotopic (exact) mass is 272 g/mol. The lowest BCUT2D eigenvalue weighted by atomic mass is 10.2. The molecule has 0 saturated heterocycles. The molecular formula is C15H20N4O. The Bertz CT molecular complexity index is 587. The Kier molecular flexibility index (Phi) is 3.79. The van der Waals surface area contributed by atoms with E-state index in [0.29, 0.717) is 11.4 Å². The largest absolute Gasteiger partial charge is 0.383 e. The molecule has 0 fully saturated rings. The molecular weight excluding hydrogens is 252 g/mol. The standard InChI is InChI=1S/C15H20N4O/c1-17(2)10-11-14(18(3)4)16-12-8-6-7-9-13(12)19(5)15(11)20/h6-10H,1-5H3/b11-10-. The lowest BCUT2D eigenvalue weighted by molar-refractivity contribution is -0.114. The van der Waals surface area contributed by atoms with Crippen molar-refractivity contribution in [3.8, 4) is 0 Å². The van der Waals surface area contributed by atoms with Crippen molar-refractivity contribution in [3.63, 3.8) is 0 Å². The van der Waals surface area contributed by atoms with E-state index < -0.39 is 0 Å². The van der Waals surface area contributed by atoms with E-state index in [0.717, 1.165) is 11.4 Å². The van der Waals surface area contributed by atoms with Gasteiger partial charge in [-0.2, -0.15) is 0 Å². The first-order chi connectivity index (χ1) is 9.41. The fraction of sp³-hybridized carbons (Fsp3) is 0.333. The maximum atomic E-state index is 12.7. The van der Waals surface area contributed by atoms with Crippen molar-refractivity contribution in [1.82, 2.24) is 9.80 Å². The maximum Gasteiger partial charge on any atom is 0.263 e. The first-order valence-electron chi connectivity index (χ1n) is 6.43. The highest BCUT2D eigenvalue weighted by Crippen LogP contribution is 2.32. The molecule has 0 spiro atoms. The zero-order valence-electron chi connectivity index (χ0n) is 12.6. The van der Waals surface area contributed by atoms with Crippen LogP contribution in [-0.2, 0) is 4.79 Å². The van der Waals surface area contributed by atoms with E-state index in [1.165, 1.54) is 0 Å². The van der Waals surface area contributed by atoms with E-state index in [2.05, 4.69) is 4.99 Å². The van der Waals surface area contributed by atoms with Crippen LogP contribution in [0.1, 0.15) is 0 Å². The molecule has 0 atom stereocenters. The zero-order chi connectivity index (χ0) is 14.9. The second-order valence-electron chi connectivity index (χ2n) is 5.19. The SMILES string of the molecule is CN(C)/C=C1\C(=O)N(C)c2ccccc2N=C1N(C)C. The number of hydrogen-bond donors (Lipinski definition) is 0. The summed E-state index contributed by atoms with van der Waals surface area (Å²) in [7, 11) is 9.35. The van der Waals surface area contributed by atoms with Crippen molar-refractivity contribution in [2.24, 2.45) is 4.99 Å². The molecule has 5 heteroatoms. The average Bonchev–Trinajstić information content (AvgIpc) is 2.49. The Labute approximate surface area is 119 Å². The van der Waals surface area contributed by atoms with E-state index in [1.54, 1.807) is 11.9 Å². The molecule has 2 rings (SSSR count). The summed E-state index contributed by atoms with van der Waals surface area (Å²) < 4.78 is 0. The van der Waals surface area contributed by atoms with Crippen molar-refractivity contribution < 1.29 is 4.79 Å². The molecule has 1 aliphatic rings. The predicted molar refractivity (Wildman–Crippen MR) is 82.4 cm³/mol. The van der Waals surface area contributed by atoms with Gasteiger partial charge < -0.3 is 14.7 Å². The Balaban J connectivity index is 2.67. The second kappa shape index (κ2) is 5.36. The van der Waals surface area contributed by atoms with Gasteiger partial charge in [0.15, 0.2) is 0 Å². The number of carbonyl (C=O) groups is 1. The summed E-state index contributed by atoms with van der Waals surface area (Å²) in [5, 5.41) is 0. The van der Waals surface area contributed by atoms with Crippen molar-refractivity contribution >= 4 is 23.1 Å². The second-order valence-corrected chi connectivity index (χ2v) is 5.19. The predicted octanol–water partition coefficient (Wildman–Crippen LogP) is 1.70. The molecule has 5 nitrogen and oxygen atoms in total. The molecule has 0 saturated carbocycles. The highest BCUT2D eigenvalue weighted by Gasteiger charge is 2.27. The van der Waals surface area contributed by atoms with E-state index >= 15 is 0 Å². The Hall–Kier alpha value is -2.30. The minimum Gasteiger partial charge on any atom is -0.383 e. The van der Waals surface area contributed by atoms with Gasteiger partial charge in [0.1, 0.15) is 5.84 Å². The van der Waals surface area contributed by atoms with Gasteiger partial charge in [0.05, 0.1) is 16.9 Å². The third kappa shape index (κ3) is 2.52. The van der Waals surface area contributed by atoms with Gasteiger partial charge in [0, 0.05) is 41.4 Å². The Morgan fingerprint density at radius 3 is 2.40 bits per heavy atom. The number of benzene rings is 1. The Morgan fingerprint density at radius 1 is 1.15 bits per heavy atom. The van der Waals surface area contributed by atoms with Gasteiger partial charge in [-0.15, -0.1) is 0 Å². The van der Waals surface area contributed by atoms with Gasteiger partial charge >= 0.3 is 0 Å². The minimum atomic E-state index is -0.0592. The number of fused-ring (bicyclic) bond motifs is 1. The molecule has 1 amide bonds. The number of amidine groups is 1. The summed E-state index contributed by atoms with van der Waals surface area (Å²) in [4.78, 5) is 22.7. The third-order valence-electron chi connectivity index (χ3n) is 3.06. The van der Waals surface area contributed by atoms with E-state index in [4.69, 9.17) is 0 Å². The van der Waals surface area contributed by atoms with Crippen LogP contribution in [0.5, 0.6) is 0 Å². The number of aliphatic imine (C=N–C) groups is 1. The lowest BCUT2D eigenvalue weighted by Gasteiger charge is -2.21. The van der Waals surface area contributed by atoms with Crippen LogP contribution in [0.15, 0.2) is 41.0 Å². The molecule has 0 aromatic heterocycles. The summed E-state index contributed by atoms with van der Waals surface area (Å²) in [5.41, 5.74) is 2.20. The fourth-order valence-electron chi connectivity index (χ4n) is 2.11. The molecule has 1 aromatic rings. The highest BCUT2D eigenvalue weighted by molar-refractivity contribution is 6.27. The number of likely N-dealkylation sites (N-methyl/N-ethyl adjacent to an activating group) is 2. The quantitative estimate of drug-likeness (QED) is 0.730. The highest BCUT2D eigenvalue weighted by atomic mass is 16.2. The number of nitrogens with zero attached hydrogens (tertiary/aromatic N) is 4. The first kappa shape index (κ1) is 14.1. The van der Waals surface area contributed by atoms with Crippen LogP contribution in [0.4, 0.5) is 11.4 Å². The van der Waals surface area contributed by atoms with Gasteiger partial charge in [-0.1, -0.05) is 12.1 Å². The number of anilines is 1. The Morgan fingerprint density at radius 2 is 1.80 bits per heavy atom. The molecule has 0 N–H and O–H groups in total. The zero-order valence-corrected chi connectivity index (χ0v) is 12.6. The van der Waals surface area contributed by atoms with Gasteiger partial charge in [0.25, 0.3) is 5.91 Å². The summed E-state index contributed by atoms with van der Waals surface area (Å²) in [6.07, 6.45) is 1.81. The van der Waals surface area contributed by atoms with Crippen molar-refractivity contribution in [1.29, 1.82) is 0 Å². The molecule has 0 bridgehead atoms. The number of hydrogen-bond acceptors (Lipinski definition) is 4. The number of rotatable bonds is 1. The molecule has 0 radical (unpaired) electrons. The summed E-state index contributed by atoms with van der Waals surface area (Å²) in [6.45, 7) is 0. The molecule has 106 valence electrons. The van der Waals surface area contributed by atoms with Gasteiger partial charge in [-0.25, -0.2) is 4.99 Å². The minimum absolute atomic E-state index is 0.0592. The number of carbonyl (C=O) groups excluding carboxylic acids is 1. The molecule has 1 aliphatic heterocycles. The van der Waals surface area contributed by atoms with Crippen molar-refractivity contribution in [2.75, 3.05) is 40.1 Å². The molecule has 1 aromatic carbocycles. The fourth-order valence-corrected chi connectivity index (χ4v) is 2.11. The normalized spacial score (nSPS) is 16.6. The van der Waals surface area contributed by atoms with Crippen LogP contribution in [0.3, 0.4) is 0 Å². The topological polar surface area (TPSA) is 39.2 Å². The van der Waals surface area contributed by atoms with Crippen LogP contribution in [0.25, 0.3) is 0 Å². The van der Waals surface area contributed by atoms with Crippen molar-refractivity contribution in [3.05, 3.63) is 36.0 Å². The van der Waals surface area contributed by atoms with Crippen molar-refractivity contribution in [2.45, 2.75) is 0 Å². The molecule has 1 heterocycles. The van der Waals surface area contributed by atoms with E-state index in [-0.39, 0.29) is 5.91 Å². The average molecular weight is 272 g/mol. The van der Waals surface area contributed by atoms with E-state index in [1.807, 2.05) is 68.5 Å². The lowest BCUT2D eigenvalue weighted by Crippen LogP contribution is -2.35. The summed E-state index contributed by atoms with van der Waals surface area (Å²) >= 11 is 0. The maximum absolute atomic E-state index is 12.7. The van der Waals surface area contributed by atoms with Crippen LogP contribution in [0.2, 0.25) is 0 Å². The van der Waals surface area contributed by atoms with Crippen LogP contribution >= 0.6 is 0 Å². The smallest absolute Gasteiger partial charge is 0.263 e. The van der Waals surface area contributed by atoms with Gasteiger partial charge in [-0.05, 0) is 12.1 Å². The molecule has 20 heavy (non-hydrogen) atoms. The summed E-state index contributed by atoms with van der Waals surface area (Å²) in [6, 6.07) is 7.66. The van der Waals surface area contributed by atoms with Gasteiger partial charge in [0.2, 0.25) is 0 Å². The van der Waals surface area contributed by atoms with Crippen LogP contribution < -0.4 is 4.90 Å².